The largest absolute Gasteiger partial charge is 0.367 e. The lowest BCUT2D eigenvalue weighted by molar-refractivity contribution is 0.602. The van der Waals surface area contributed by atoms with Crippen molar-refractivity contribution in [3.05, 3.63) is 47.9 Å². The second-order valence-electron chi connectivity index (χ2n) is 4.46. The van der Waals surface area contributed by atoms with Crippen molar-refractivity contribution in [2.24, 2.45) is 0 Å². The number of anilines is 1. The van der Waals surface area contributed by atoms with E-state index in [0.717, 1.165) is 5.56 Å². The Morgan fingerprint density at radius 3 is 2.48 bits per heavy atom. The van der Waals surface area contributed by atoms with Crippen LogP contribution in [0.4, 0.5) is 5.82 Å². The van der Waals surface area contributed by atoms with Gasteiger partial charge in [-0.3, -0.25) is 0 Å². The van der Waals surface area contributed by atoms with Gasteiger partial charge in [-0.2, -0.15) is 5.26 Å². The van der Waals surface area contributed by atoms with Crippen LogP contribution in [0.5, 0.6) is 0 Å². The molecule has 0 aliphatic heterocycles. The second kappa shape index (κ2) is 6.33. The average Bonchev–Trinajstić information content (AvgIpc) is 2.47. The summed E-state index contributed by atoms with van der Waals surface area (Å²) in [6.45, 7) is 0.575. The van der Waals surface area contributed by atoms with Crippen LogP contribution in [-0.4, -0.2) is 31.2 Å². The molecule has 0 aliphatic rings. The molecule has 0 spiro atoms. The summed E-state index contributed by atoms with van der Waals surface area (Å²) < 4.78 is 22.7. The number of sulfone groups is 1. The SMILES string of the molecule is CS(=O)(=O)c1ccc(CCNc2nccnc2C#N)cc1. The van der Waals surface area contributed by atoms with Crippen LogP contribution in [-0.2, 0) is 16.3 Å². The minimum atomic E-state index is -3.16. The molecule has 0 amide bonds. The van der Waals surface area contributed by atoms with Crippen LogP contribution < -0.4 is 5.32 Å². The second-order valence-corrected chi connectivity index (χ2v) is 6.47. The first-order valence-electron chi connectivity index (χ1n) is 6.24. The Labute approximate surface area is 123 Å². The molecule has 0 unspecified atom stereocenters. The highest BCUT2D eigenvalue weighted by molar-refractivity contribution is 7.90. The zero-order valence-electron chi connectivity index (χ0n) is 11.4. The molecule has 0 saturated heterocycles. The van der Waals surface area contributed by atoms with Crippen molar-refractivity contribution < 1.29 is 8.42 Å². The molecule has 0 fully saturated rings. The van der Waals surface area contributed by atoms with E-state index in [1.807, 2.05) is 6.07 Å². The van der Waals surface area contributed by atoms with E-state index < -0.39 is 9.84 Å². The first kappa shape index (κ1) is 14.9. The molecule has 1 aromatic carbocycles. The lowest BCUT2D eigenvalue weighted by Crippen LogP contribution is -2.08. The highest BCUT2D eigenvalue weighted by Gasteiger charge is 2.06. The molecule has 108 valence electrons. The van der Waals surface area contributed by atoms with Gasteiger partial charge in [-0.15, -0.1) is 0 Å². The van der Waals surface area contributed by atoms with Gasteiger partial charge in [0.25, 0.3) is 0 Å². The third-order valence-electron chi connectivity index (χ3n) is 2.86. The fourth-order valence-electron chi connectivity index (χ4n) is 1.78. The third-order valence-corrected chi connectivity index (χ3v) is 3.99. The number of aromatic nitrogens is 2. The number of nitrogens with one attached hydrogen (secondary N) is 1. The van der Waals surface area contributed by atoms with E-state index in [9.17, 15) is 8.42 Å². The van der Waals surface area contributed by atoms with Gasteiger partial charge in [-0.05, 0) is 24.1 Å². The van der Waals surface area contributed by atoms with Gasteiger partial charge >= 0.3 is 0 Å². The normalized spacial score (nSPS) is 10.9. The molecule has 0 saturated carbocycles. The molecule has 1 N–H and O–H groups in total. The van der Waals surface area contributed by atoms with Crippen LogP contribution in [0.25, 0.3) is 0 Å². The Balaban J connectivity index is 1.97. The Morgan fingerprint density at radius 1 is 1.19 bits per heavy atom. The Hall–Kier alpha value is -2.46. The van der Waals surface area contributed by atoms with Crippen molar-refractivity contribution in [1.82, 2.24) is 9.97 Å². The summed E-state index contributed by atoms with van der Waals surface area (Å²) in [5.41, 5.74) is 1.25. The molecule has 1 heterocycles. The van der Waals surface area contributed by atoms with Gasteiger partial charge in [0.1, 0.15) is 6.07 Å². The monoisotopic (exact) mass is 302 g/mol. The first-order chi connectivity index (χ1) is 10.0. The van der Waals surface area contributed by atoms with E-state index in [-0.39, 0.29) is 5.69 Å². The van der Waals surface area contributed by atoms with Crippen molar-refractivity contribution in [3.63, 3.8) is 0 Å². The van der Waals surface area contributed by atoms with Crippen LogP contribution in [0.15, 0.2) is 41.6 Å². The van der Waals surface area contributed by atoms with Crippen molar-refractivity contribution in [2.75, 3.05) is 18.1 Å². The molecule has 21 heavy (non-hydrogen) atoms. The van der Waals surface area contributed by atoms with Crippen LogP contribution >= 0.6 is 0 Å². The molecule has 2 aromatic rings. The van der Waals surface area contributed by atoms with Gasteiger partial charge in [0.05, 0.1) is 4.90 Å². The quantitative estimate of drug-likeness (QED) is 0.897. The molecule has 0 radical (unpaired) electrons. The third kappa shape index (κ3) is 4.00. The minimum absolute atomic E-state index is 0.255. The maximum Gasteiger partial charge on any atom is 0.182 e. The molecular formula is C14H14N4O2S. The summed E-state index contributed by atoms with van der Waals surface area (Å²) in [5.74, 6) is 0.452. The van der Waals surface area contributed by atoms with Crippen LogP contribution in [0.1, 0.15) is 11.3 Å². The predicted octanol–water partition coefficient (Wildman–Crippen LogP) is 1.41. The van der Waals surface area contributed by atoms with Gasteiger partial charge < -0.3 is 5.32 Å². The zero-order valence-corrected chi connectivity index (χ0v) is 12.3. The van der Waals surface area contributed by atoms with E-state index >= 15 is 0 Å². The standard InChI is InChI=1S/C14H14N4O2S/c1-21(19,20)12-4-2-11(3-5-12)6-7-17-14-13(10-15)16-8-9-18-14/h2-5,8-9H,6-7H2,1H3,(H,17,18). The molecule has 0 aliphatic carbocycles. The summed E-state index contributed by atoms with van der Waals surface area (Å²) in [6.07, 6.45) is 4.85. The van der Waals surface area contributed by atoms with Gasteiger partial charge in [-0.1, -0.05) is 12.1 Å². The molecule has 1 aromatic heterocycles. The van der Waals surface area contributed by atoms with Crippen LogP contribution in [0.2, 0.25) is 0 Å². The molecule has 2 rings (SSSR count). The summed E-state index contributed by atoms with van der Waals surface area (Å²) in [4.78, 5) is 8.27. The number of hydrogen-bond acceptors (Lipinski definition) is 6. The summed E-state index contributed by atoms with van der Waals surface area (Å²) in [7, 11) is -3.16. The topological polar surface area (TPSA) is 95.7 Å². The Morgan fingerprint density at radius 2 is 1.86 bits per heavy atom. The first-order valence-corrected chi connectivity index (χ1v) is 8.14. The van der Waals surface area contributed by atoms with Gasteiger partial charge in [-0.25, -0.2) is 18.4 Å². The molecule has 6 nitrogen and oxygen atoms in total. The van der Waals surface area contributed by atoms with Crippen LogP contribution in [0.3, 0.4) is 0 Å². The van der Waals surface area contributed by atoms with Crippen molar-refractivity contribution in [1.29, 1.82) is 5.26 Å². The minimum Gasteiger partial charge on any atom is -0.367 e. The maximum atomic E-state index is 11.4. The van der Waals surface area contributed by atoms with E-state index in [0.29, 0.717) is 23.7 Å². The van der Waals surface area contributed by atoms with Gasteiger partial charge in [0.15, 0.2) is 21.3 Å². The number of benzene rings is 1. The highest BCUT2D eigenvalue weighted by Crippen LogP contribution is 2.11. The summed E-state index contributed by atoms with van der Waals surface area (Å²) in [5, 5.41) is 11.9. The van der Waals surface area contributed by atoms with E-state index in [1.54, 1.807) is 24.3 Å². The van der Waals surface area contributed by atoms with E-state index in [1.165, 1.54) is 18.6 Å². The van der Waals surface area contributed by atoms with E-state index in [4.69, 9.17) is 5.26 Å². The van der Waals surface area contributed by atoms with Crippen molar-refractivity contribution in [2.45, 2.75) is 11.3 Å². The molecule has 7 heteroatoms. The number of nitriles is 1. The molecule has 0 atom stereocenters. The highest BCUT2D eigenvalue weighted by atomic mass is 32.2. The number of rotatable bonds is 5. The average molecular weight is 302 g/mol. The number of nitrogens with zero attached hydrogens (tertiary/aromatic N) is 3. The Kier molecular flexibility index (Phi) is 4.50. The molecular weight excluding hydrogens is 288 g/mol. The van der Waals surface area contributed by atoms with Crippen LogP contribution in [0, 0.1) is 11.3 Å². The lowest BCUT2D eigenvalue weighted by atomic mass is 10.1. The predicted molar refractivity (Wildman–Crippen MR) is 78.5 cm³/mol. The maximum absolute atomic E-state index is 11.4. The smallest absolute Gasteiger partial charge is 0.182 e. The fourth-order valence-corrected chi connectivity index (χ4v) is 2.41. The van der Waals surface area contributed by atoms with E-state index in [2.05, 4.69) is 15.3 Å². The van der Waals surface area contributed by atoms with Crippen molar-refractivity contribution >= 4 is 15.7 Å². The lowest BCUT2D eigenvalue weighted by Gasteiger charge is -2.06. The summed E-state index contributed by atoms with van der Waals surface area (Å²) in [6, 6.07) is 8.70. The summed E-state index contributed by atoms with van der Waals surface area (Å²) >= 11 is 0. The van der Waals surface area contributed by atoms with Crippen molar-refractivity contribution in [3.8, 4) is 6.07 Å². The zero-order chi connectivity index (χ0) is 15.3. The fraction of sp³-hybridized carbons (Fsp3) is 0.214. The Bertz CT molecular complexity index is 764. The number of hydrogen-bond donors (Lipinski definition) is 1. The van der Waals surface area contributed by atoms with Gasteiger partial charge in [0.2, 0.25) is 0 Å². The molecule has 0 bridgehead atoms. The van der Waals surface area contributed by atoms with Gasteiger partial charge in [0, 0.05) is 25.2 Å².